The minimum atomic E-state index is -6.95. The highest BCUT2D eigenvalue weighted by Gasteiger charge is 2.75. The van der Waals surface area contributed by atoms with Crippen LogP contribution in [0, 0.1) is 4.91 Å². The van der Waals surface area contributed by atoms with E-state index in [0.29, 0.717) is 0 Å². The standard InChI is InChI=1S/C8H4F14N2O/c9-3(10,5(13,14)7(17,18)19)1-24(23-25)2-4(11,12)6(15,16)8(20,21)22/h1-2H2. The van der Waals surface area contributed by atoms with Crippen molar-refractivity contribution in [3.8, 4) is 0 Å². The molecule has 150 valence electrons. The maximum Gasteiger partial charge on any atom is 0.459 e. The summed E-state index contributed by atoms with van der Waals surface area (Å²) >= 11 is 0. The van der Waals surface area contributed by atoms with Crippen LogP contribution in [0.4, 0.5) is 61.5 Å². The molecule has 0 aliphatic heterocycles. The summed E-state index contributed by atoms with van der Waals surface area (Å²) in [6.45, 7) is -6.63. The first-order chi connectivity index (χ1) is 10.6. The summed E-state index contributed by atoms with van der Waals surface area (Å²) in [6.07, 6.45) is -13.9. The van der Waals surface area contributed by atoms with Crippen molar-refractivity contribution >= 4 is 0 Å². The summed E-state index contributed by atoms with van der Waals surface area (Å²) in [5.74, 6) is -26.6. The van der Waals surface area contributed by atoms with E-state index in [9.17, 15) is 66.4 Å². The van der Waals surface area contributed by atoms with Crippen molar-refractivity contribution in [2.24, 2.45) is 5.29 Å². The summed E-state index contributed by atoms with van der Waals surface area (Å²) in [7, 11) is 0. The van der Waals surface area contributed by atoms with Gasteiger partial charge in [-0.25, -0.2) is 5.01 Å². The lowest BCUT2D eigenvalue weighted by Crippen LogP contribution is -2.60. The largest absolute Gasteiger partial charge is 0.459 e. The van der Waals surface area contributed by atoms with Gasteiger partial charge in [-0.2, -0.15) is 61.5 Å². The predicted octanol–water partition coefficient (Wildman–Crippen LogP) is 4.64. The molecule has 0 radical (unpaired) electrons. The van der Waals surface area contributed by atoms with Crippen LogP contribution in [0.3, 0.4) is 0 Å². The molecule has 3 nitrogen and oxygen atoms in total. The summed E-state index contributed by atoms with van der Waals surface area (Å²) in [4.78, 5) is 9.97. The van der Waals surface area contributed by atoms with Gasteiger partial charge in [-0.05, 0) is 0 Å². The number of rotatable bonds is 7. The molecular weight excluding hydrogens is 406 g/mol. The molecule has 0 aromatic rings. The Morgan fingerprint density at radius 2 is 0.800 bits per heavy atom. The molecular formula is C8H4F14N2O. The highest BCUT2D eigenvalue weighted by atomic mass is 19.4. The molecule has 0 unspecified atom stereocenters. The number of nitroso groups, excluding NO2 is 1. The Kier molecular flexibility index (Phi) is 5.90. The van der Waals surface area contributed by atoms with E-state index in [1.165, 1.54) is 0 Å². The van der Waals surface area contributed by atoms with Gasteiger partial charge in [0.05, 0.1) is 5.29 Å². The Morgan fingerprint density at radius 3 is 0.960 bits per heavy atom. The smallest absolute Gasteiger partial charge is 0.248 e. The van der Waals surface area contributed by atoms with Crippen molar-refractivity contribution < 1.29 is 61.5 Å². The van der Waals surface area contributed by atoms with Crippen LogP contribution in [-0.2, 0) is 0 Å². The van der Waals surface area contributed by atoms with Crippen molar-refractivity contribution in [1.29, 1.82) is 0 Å². The number of hydrogen-bond acceptors (Lipinski definition) is 2. The lowest BCUT2D eigenvalue weighted by molar-refractivity contribution is -0.365. The second kappa shape index (κ2) is 6.30. The van der Waals surface area contributed by atoms with Crippen molar-refractivity contribution in [1.82, 2.24) is 5.01 Å². The Balaban J connectivity index is 5.56. The van der Waals surface area contributed by atoms with E-state index in [1.807, 2.05) is 0 Å². The number of halogens is 14. The molecule has 0 aromatic carbocycles. The first kappa shape index (κ1) is 23.4. The summed E-state index contributed by atoms with van der Waals surface area (Å²) in [5.41, 5.74) is 0. The van der Waals surface area contributed by atoms with Gasteiger partial charge in [0.1, 0.15) is 13.1 Å². The maximum atomic E-state index is 12.9. The highest BCUT2D eigenvalue weighted by molar-refractivity contribution is 4.96. The highest BCUT2D eigenvalue weighted by Crippen LogP contribution is 2.49. The molecule has 0 atom stereocenters. The van der Waals surface area contributed by atoms with Crippen molar-refractivity contribution in [3.05, 3.63) is 4.91 Å². The number of alkyl halides is 14. The van der Waals surface area contributed by atoms with Crippen LogP contribution in [0.15, 0.2) is 5.29 Å². The van der Waals surface area contributed by atoms with Crippen LogP contribution < -0.4 is 0 Å². The van der Waals surface area contributed by atoms with Crippen LogP contribution in [0.25, 0.3) is 0 Å². The lowest BCUT2D eigenvalue weighted by Gasteiger charge is -2.33. The molecule has 0 saturated heterocycles. The Bertz CT molecular complexity index is 440. The Morgan fingerprint density at radius 1 is 0.560 bits per heavy atom. The van der Waals surface area contributed by atoms with E-state index in [1.54, 1.807) is 0 Å². The summed E-state index contributed by atoms with van der Waals surface area (Å²) < 4.78 is 172. The second-order valence-corrected chi connectivity index (χ2v) is 4.46. The fourth-order valence-corrected chi connectivity index (χ4v) is 1.19. The molecule has 0 heterocycles. The van der Waals surface area contributed by atoms with Crippen molar-refractivity contribution in [3.63, 3.8) is 0 Å². The lowest BCUT2D eigenvalue weighted by atomic mass is 10.1. The third kappa shape index (κ3) is 4.34. The van der Waals surface area contributed by atoms with Gasteiger partial charge in [-0.15, -0.1) is 4.91 Å². The number of nitrogens with zero attached hydrogens (tertiary/aromatic N) is 2. The Labute approximate surface area is 127 Å². The molecule has 25 heavy (non-hydrogen) atoms. The van der Waals surface area contributed by atoms with Gasteiger partial charge in [-0.3, -0.25) is 0 Å². The van der Waals surface area contributed by atoms with Crippen molar-refractivity contribution in [2.45, 2.75) is 36.0 Å². The van der Waals surface area contributed by atoms with Crippen LogP contribution in [0.2, 0.25) is 0 Å². The van der Waals surface area contributed by atoms with Crippen LogP contribution >= 0.6 is 0 Å². The van der Waals surface area contributed by atoms with E-state index >= 15 is 0 Å². The average Bonchev–Trinajstić information content (AvgIpc) is 2.34. The van der Waals surface area contributed by atoms with Gasteiger partial charge in [0.25, 0.3) is 0 Å². The first-order valence-electron chi connectivity index (χ1n) is 5.37. The minimum Gasteiger partial charge on any atom is -0.248 e. The van der Waals surface area contributed by atoms with Crippen LogP contribution in [-0.4, -0.2) is 54.1 Å². The normalized spacial score (nSPS) is 15.3. The zero-order valence-corrected chi connectivity index (χ0v) is 11.0. The predicted molar refractivity (Wildman–Crippen MR) is 49.3 cm³/mol. The fourth-order valence-electron chi connectivity index (χ4n) is 1.19. The van der Waals surface area contributed by atoms with Crippen molar-refractivity contribution in [2.75, 3.05) is 13.1 Å². The Hall–Kier alpha value is -1.58. The molecule has 17 heteroatoms. The molecule has 0 N–H and O–H groups in total. The molecule has 0 fully saturated rings. The zero-order valence-electron chi connectivity index (χ0n) is 11.0. The van der Waals surface area contributed by atoms with Crippen LogP contribution in [0.5, 0.6) is 0 Å². The van der Waals surface area contributed by atoms with Crippen LogP contribution in [0.1, 0.15) is 0 Å². The van der Waals surface area contributed by atoms with Gasteiger partial charge in [0, 0.05) is 0 Å². The van der Waals surface area contributed by atoms with E-state index in [2.05, 4.69) is 0 Å². The fraction of sp³-hybridized carbons (Fsp3) is 1.00. The van der Waals surface area contributed by atoms with Gasteiger partial charge in [0.2, 0.25) is 0 Å². The maximum absolute atomic E-state index is 12.9. The van der Waals surface area contributed by atoms with E-state index in [-0.39, 0.29) is 0 Å². The molecule has 0 aliphatic rings. The van der Waals surface area contributed by atoms with E-state index in [4.69, 9.17) is 0 Å². The molecule has 0 spiro atoms. The van der Waals surface area contributed by atoms with Gasteiger partial charge < -0.3 is 0 Å². The monoisotopic (exact) mass is 410 g/mol. The minimum absolute atomic E-state index is 1.07. The quantitative estimate of drug-likeness (QED) is 0.348. The third-order valence-corrected chi connectivity index (χ3v) is 2.51. The SMILES string of the molecule is O=NN(CC(F)(F)C(F)(F)C(F)(F)F)CC(F)(F)C(F)(F)C(F)(F)F. The molecule has 0 aromatic heterocycles. The van der Waals surface area contributed by atoms with Gasteiger partial charge in [-0.1, -0.05) is 0 Å². The van der Waals surface area contributed by atoms with Gasteiger partial charge >= 0.3 is 36.0 Å². The first-order valence-corrected chi connectivity index (χ1v) is 5.37. The third-order valence-electron chi connectivity index (χ3n) is 2.51. The number of hydrogen-bond donors (Lipinski definition) is 0. The average molecular weight is 410 g/mol. The molecule has 0 saturated carbocycles. The van der Waals surface area contributed by atoms with E-state index in [0.717, 1.165) is 5.29 Å². The summed E-state index contributed by atoms with van der Waals surface area (Å²) in [5, 5.41) is -0.624. The summed E-state index contributed by atoms with van der Waals surface area (Å²) in [6, 6.07) is 0. The molecule has 0 rings (SSSR count). The second-order valence-electron chi connectivity index (χ2n) is 4.46. The molecule has 0 bridgehead atoms. The van der Waals surface area contributed by atoms with Gasteiger partial charge in [0.15, 0.2) is 0 Å². The van der Waals surface area contributed by atoms with E-state index < -0.39 is 54.1 Å². The zero-order chi connectivity index (χ0) is 20.7. The topological polar surface area (TPSA) is 32.7 Å². The molecule has 0 aliphatic carbocycles. The molecule has 0 amide bonds.